The van der Waals surface area contributed by atoms with Gasteiger partial charge < -0.3 is 20.1 Å². The van der Waals surface area contributed by atoms with E-state index >= 15 is 0 Å². The SMILES string of the molecule is CCOc1ccccc1OCC(=O)NCCNC(=O)c1ccccc1Cl. The Hall–Kier alpha value is -2.73. The van der Waals surface area contributed by atoms with Gasteiger partial charge in [-0.15, -0.1) is 0 Å². The smallest absolute Gasteiger partial charge is 0.258 e. The molecule has 2 aromatic carbocycles. The van der Waals surface area contributed by atoms with Gasteiger partial charge >= 0.3 is 0 Å². The summed E-state index contributed by atoms with van der Waals surface area (Å²) >= 11 is 5.96. The first-order chi connectivity index (χ1) is 12.6. The van der Waals surface area contributed by atoms with Crippen molar-refractivity contribution in [3.8, 4) is 11.5 Å². The molecular weight excluding hydrogens is 356 g/mol. The van der Waals surface area contributed by atoms with Crippen molar-refractivity contribution in [1.29, 1.82) is 0 Å². The van der Waals surface area contributed by atoms with Gasteiger partial charge in [0.2, 0.25) is 0 Å². The van der Waals surface area contributed by atoms with Gasteiger partial charge in [0.1, 0.15) is 0 Å². The number of benzene rings is 2. The third-order valence-electron chi connectivity index (χ3n) is 3.36. The summed E-state index contributed by atoms with van der Waals surface area (Å²) in [6.45, 7) is 2.82. The Morgan fingerprint density at radius 3 is 2.23 bits per heavy atom. The van der Waals surface area contributed by atoms with Gasteiger partial charge in [-0.1, -0.05) is 35.9 Å². The van der Waals surface area contributed by atoms with Crippen LogP contribution in [0, 0.1) is 0 Å². The van der Waals surface area contributed by atoms with E-state index in [1.807, 2.05) is 13.0 Å². The van der Waals surface area contributed by atoms with Crippen LogP contribution in [-0.2, 0) is 4.79 Å². The second kappa shape index (κ2) is 10.3. The highest BCUT2D eigenvalue weighted by atomic mass is 35.5. The number of carbonyl (C=O) groups excluding carboxylic acids is 2. The Labute approximate surface area is 157 Å². The maximum absolute atomic E-state index is 12.0. The van der Waals surface area contributed by atoms with Gasteiger partial charge in [0, 0.05) is 13.1 Å². The summed E-state index contributed by atoms with van der Waals surface area (Å²) in [5.41, 5.74) is 0.399. The fourth-order valence-corrected chi connectivity index (χ4v) is 2.38. The highest BCUT2D eigenvalue weighted by Crippen LogP contribution is 2.26. The lowest BCUT2D eigenvalue weighted by Gasteiger charge is -2.12. The van der Waals surface area contributed by atoms with Crippen molar-refractivity contribution < 1.29 is 19.1 Å². The van der Waals surface area contributed by atoms with Gasteiger partial charge in [0.15, 0.2) is 18.1 Å². The van der Waals surface area contributed by atoms with Crippen molar-refractivity contribution in [3.05, 3.63) is 59.1 Å². The predicted molar refractivity (Wildman–Crippen MR) is 99.9 cm³/mol. The van der Waals surface area contributed by atoms with E-state index in [9.17, 15) is 9.59 Å². The molecule has 0 saturated heterocycles. The zero-order chi connectivity index (χ0) is 18.8. The highest BCUT2D eigenvalue weighted by Gasteiger charge is 2.09. The van der Waals surface area contributed by atoms with Gasteiger partial charge in [0.05, 0.1) is 17.2 Å². The molecule has 2 N–H and O–H groups in total. The minimum Gasteiger partial charge on any atom is -0.490 e. The van der Waals surface area contributed by atoms with Crippen LogP contribution in [0.5, 0.6) is 11.5 Å². The first kappa shape index (κ1) is 19.6. The average molecular weight is 377 g/mol. The average Bonchev–Trinajstić information content (AvgIpc) is 2.65. The van der Waals surface area contributed by atoms with Crippen LogP contribution in [0.1, 0.15) is 17.3 Å². The summed E-state index contributed by atoms with van der Waals surface area (Å²) in [4.78, 5) is 23.8. The standard InChI is InChI=1S/C19H21ClN2O4/c1-2-25-16-9-5-6-10-17(16)26-13-18(23)21-11-12-22-19(24)14-7-3-4-8-15(14)20/h3-10H,2,11-13H2,1H3,(H,21,23)(H,22,24). The van der Waals surface area contributed by atoms with Gasteiger partial charge in [-0.3, -0.25) is 9.59 Å². The Morgan fingerprint density at radius 1 is 0.923 bits per heavy atom. The monoisotopic (exact) mass is 376 g/mol. The summed E-state index contributed by atoms with van der Waals surface area (Å²) in [6.07, 6.45) is 0. The van der Waals surface area contributed by atoms with Gasteiger partial charge in [-0.25, -0.2) is 0 Å². The van der Waals surface area contributed by atoms with E-state index in [4.69, 9.17) is 21.1 Å². The molecule has 7 heteroatoms. The molecule has 2 amide bonds. The predicted octanol–water partition coefficient (Wildman–Crippen LogP) is 2.66. The van der Waals surface area contributed by atoms with Crippen LogP contribution in [0.25, 0.3) is 0 Å². The normalized spacial score (nSPS) is 10.1. The number of carbonyl (C=O) groups is 2. The number of halogens is 1. The molecule has 0 fully saturated rings. The maximum Gasteiger partial charge on any atom is 0.258 e. The van der Waals surface area contributed by atoms with Crippen LogP contribution in [-0.4, -0.2) is 38.1 Å². The van der Waals surface area contributed by atoms with Crippen LogP contribution in [0.3, 0.4) is 0 Å². The molecule has 138 valence electrons. The second-order valence-electron chi connectivity index (χ2n) is 5.25. The number of para-hydroxylation sites is 2. The molecule has 0 aliphatic heterocycles. The zero-order valence-corrected chi connectivity index (χ0v) is 15.2. The summed E-state index contributed by atoms with van der Waals surface area (Å²) in [7, 11) is 0. The first-order valence-electron chi connectivity index (χ1n) is 8.26. The van der Waals surface area contributed by atoms with E-state index in [2.05, 4.69) is 10.6 Å². The topological polar surface area (TPSA) is 76.7 Å². The van der Waals surface area contributed by atoms with Crippen LogP contribution < -0.4 is 20.1 Å². The van der Waals surface area contributed by atoms with Gasteiger partial charge in [0.25, 0.3) is 11.8 Å². The summed E-state index contributed by atoms with van der Waals surface area (Å²) in [5.74, 6) is 0.529. The van der Waals surface area contributed by atoms with Gasteiger partial charge in [-0.05, 0) is 31.2 Å². The van der Waals surface area contributed by atoms with Crippen molar-refractivity contribution in [3.63, 3.8) is 0 Å². The fraction of sp³-hybridized carbons (Fsp3) is 0.263. The molecule has 0 unspecified atom stereocenters. The number of nitrogens with one attached hydrogen (secondary N) is 2. The van der Waals surface area contributed by atoms with Crippen LogP contribution in [0.15, 0.2) is 48.5 Å². The molecule has 2 rings (SSSR count). The number of amides is 2. The Balaban J connectivity index is 1.70. The Kier molecular flexibility index (Phi) is 7.76. The molecule has 0 saturated carbocycles. The van der Waals surface area contributed by atoms with Crippen molar-refractivity contribution >= 4 is 23.4 Å². The van der Waals surface area contributed by atoms with Crippen LogP contribution in [0.4, 0.5) is 0 Å². The molecule has 0 aliphatic rings. The number of rotatable bonds is 9. The largest absolute Gasteiger partial charge is 0.490 e. The van der Waals surface area contributed by atoms with E-state index in [0.29, 0.717) is 28.7 Å². The summed E-state index contributed by atoms with van der Waals surface area (Å²) in [6, 6.07) is 13.9. The second-order valence-corrected chi connectivity index (χ2v) is 5.66. The number of hydrogen-bond donors (Lipinski definition) is 2. The molecular formula is C19H21ClN2O4. The number of ether oxygens (including phenoxy) is 2. The van der Waals surface area contributed by atoms with E-state index < -0.39 is 0 Å². The molecule has 2 aromatic rings. The van der Waals surface area contributed by atoms with Crippen LogP contribution in [0.2, 0.25) is 5.02 Å². The summed E-state index contributed by atoms with van der Waals surface area (Å²) < 4.78 is 10.9. The molecule has 0 spiro atoms. The maximum atomic E-state index is 12.0. The van der Waals surface area contributed by atoms with E-state index in [-0.39, 0.29) is 31.5 Å². The quantitative estimate of drug-likeness (QED) is 0.660. The zero-order valence-electron chi connectivity index (χ0n) is 14.5. The molecule has 0 atom stereocenters. The van der Waals surface area contributed by atoms with Crippen molar-refractivity contribution in [2.75, 3.05) is 26.3 Å². The fourth-order valence-electron chi connectivity index (χ4n) is 2.16. The molecule has 0 aliphatic carbocycles. The third kappa shape index (κ3) is 5.97. The molecule has 0 aromatic heterocycles. The number of hydrogen-bond acceptors (Lipinski definition) is 4. The van der Waals surface area contributed by atoms with E-state index in [0.717, 1.165) is 0 Å². The summed E-state index contributed by atoms with van der Waals surface area (Å²) in [5, 5.41) is 5.75. The molecule has 0 radical (unpaired) electrons. The molecule has 6 nitrogen and oxygen atoms in total. The molecule has 0 bridgehead atoms. The Morgan fingerprint density at radius 2 is 1.54 bits per heavy atom. The third-order valence-corrected chi connectivity index (χ3v) is 3.69. The van der Waals surface area contributed by atoms with Crippen molar-refractivity contribution in [2.45, 2.75) is 6.92 Å². The molecule has 26 heavy (non-hydrogen) atoms. The van der Waals surface area contributed by atoms with Crippen molar-refractivity contribution in [1.82, 2.24) is 10.6 Å². The van der Waals surface area contributed by atoms with E-state index in [1.54, 1.807) is 42.5 Å². The van der Waals surface area contributed by atoms with E-state index in [1.165, 1.54) is 0 Å². The minimum atomic E-state index is -0.289. The lowest BCUT2D eigenvalue weighted by molar-refractivity contribution is -0.123. The minimum absolute atomic E-state index is 0.136. The lowest BCUT2D eigenvalue weighted by atomic mass is 10.2. The first-order valence-corrected chi connectivity index (χ1v) is 8.63. The lowest BCUT2D eigenvalue weighted by Crippen LogP contribution is -2.36. The van der Waals surface area contributed by atoms with Gasteiger partial charge in [-0.2, -0.15) is 0 Å². The molecule has 0 heterocycles. The highest BCUT2D eigenvalue weighted by molar-refractivity contribution is 6.33. The Bertz CT molecular complexity index is 752. The van der Waals surface area contributed by atoms with Crippen molar-refractivity contribution in [2.24, 2.45) is 0 Å². The van der Waals surface area contributed by atoms with Crippen LogP contribution >= 0.6 is 11.6 Å².